The first-order valence-corrected chi connectivity index (χ1v) is 17.2. The van der Waals surface area contributed by atoms with E-state index >= 15 is 0 Å². The van der Waals surface area contributed by atoms with Crippen molar-refractivity contribution in [3.63, 3.8) is 0 Å². The molecule has 6 aromatic rings. The number of methoxy groups -OCH3 is 4. The first kappa shape index (κ1) is 34.3. The zero-order valence-corrected chi connectivity index (χ0v) is 29.6. The van der Waals surface area contributed by atoms with Gasteiger partial charge in [0.15, 0.2) is 23.0 Å². The SMILES string of the molecule is COc1ccc(-c2cc(C(=O)NC3CCC(NC(=O)c4cc(-c5ccc(OC)c(OC)c5)nc5ccccc45)CC3)c3ccccc3n2)cc1OC. The van der Waals surface area contributed by atoms with Crippen LogP contribution in [-0.2, 0) is 0 Å². The van der Waals surface area contributed by atoms with Crippen LogP contribution in [0.3, 0.4) is 0 Å². The van der Waals surface area contributed by atoms with Crippen LogP contribution < -0.4 is 29.6 Å². The smallest absolute Gasteiger partial charge is 0.252 e. The highest BCUT2D eigenvalue weighted by Crippen LogP contribution is 2.35. The molecular formula is C42H40N4O6. The Kier molecular flexibility index (Phi) is 9.88. The Balaban J connectivity index is 1.06. The van der Waals surface area contributed by atoms with Crippen molar-refractivity contribution in [3.8, 4) is 45.5 Å². The predicted octanol–water partition coefficient (Wildman–Crippen LogP) is 7.62. The van der Waals surface area contributed by atoms with E-state index in [2.05, 4.69) is 10.6 Å². The molecule has 2 heterocycles. The molecule has 2 N–H and O–H groups in total. The number of ether oxygens (including phenoxy) is 4. The molecule has 1 aliphatic carbocycles. The van der Waals surface area contributed by atoms with Gasteiger partial charge in [-0.1, -0.05) is 36.4 Å². The molecular weight excluding hydrogens is 656 g/mol. The average Bonchev–Trinajstić information content (AvgIpc) is 3.20. The van der Waals surface area contributed by atoms with Gasteiger partial charge in [-0.05, 0) is 86.3 Å². The van der Waals surface area contributed by atoms with Crippen molar-refractivity contribution in [2.24, 2.45) is 0 Å². The van der Waals surface area contributed by atoms with Crippen LogP contribution in [0.15, 0.2) is 97.1 Å². The lowest BCUT2D eigenvalue weighted by Crippen LogP contribution is -2.44. The molecule has 0 unspecified atom stereocenters. The summed E-state index contributed by atoms with van der Waals surface area (Å²) in [4.78, 5) is 37.4. The minimum Gasteiger partial charge on any atom is -0.493 e. The zero-order valence-electron chi connectivity index (χ0n) is 29.6. The summed E-state index contributed by atoms with van der Waals surface area (Å²) in [7, 11) is 6.37. The average molecular weight is 697 g/mol. The van der Waals surface area contributed by atoms with Crippen molar-refractivity contribution in [3.05, 3.63) is 108 Å². The lowest BCUT2D eigenvalue weighted by atomic mass is 9.90. The van der Waals surface area contributed by atoms with E-state index in [1.165, 1.54) is 0 Å². The number of fused-ring (bicyclic) bond motifs is 2. The maximum absolute atomic E-state index is 13.9. The fourth-order valence-electron chi connectivity index (χ4n) is 6.92. The standard InChI is InChI=1S/C42H40N4O6/c1-49-37-19-13-25(21-39(37)51-3)35-23-31(29-9-5-7-11-33(29)45-35)41(47)43-27-15-17-28(18-16-27)44-42(48)32-24-36(46-34-12-8-6-10-30(32)34)26-14-20-38(50-2)40(22-26)52-4/h5-14,19-24,27-28H,15-18H2,1-4H3,(H,43,47)(H,44,48). The Hall–Kier alpha value is -6.16. The van der Waals surface area contributed by atoms with Gasteiger partial charge in [0.2, 0.25) is 0 Å². The van der Waals surface area contributed by atoms with Crippen molar-refractivity contribution in [1.29, 1.82) is 0 Å². The lowest BCUT2D eigenvalue weighted by molar-refractivity contribution is 0.0893. The molecule has 0 aliphatic heterocycles. The molecule has 264 valence electrons. The lowest BCUT2D eigenvalue weighted by Gasteiger charge is -2.30. The van der Waals surface area contributed by atoms with Gasteiger partial charge < -0.3 is 29.6 Å². The van der Waals surface area contributed by atoms with Gasteiger partial charge in [-0.15, -0.1) is 0 Å². The molecule has 52 heavy (non-hydrogen) atoms. The second-order valence-corrected chi connectivity index (χ2v) is 12.8. The van der Waals surface area contributed by atoms with Crippen molar-refractivity contribution in [1.82, 2.24) is 20.6 Å². The molecule has 2 amide bonds. The van der Waals surface area contributed by atoms with E-state index in [4.69, 9.17) is 28.9 Å². The van der Waals surface area contributed by atoms with Crippen LogP contribution in [0.4, 0.5) is 0 Å². The molecule has 1 saturated carbocycles. The normalized spacial score (nSPS) is 15.5. The van der Waals surface area contributed by atoms with Crippen LogP contribution >= 0.6 is 0 Å². The number of nitrogens with one attached hydrogen (secondary N) is 2. The molecule has 10 heteroatoms. The highest BCUT2D eigenvalue weighted by molar-refractivity contribution is 6.08. The first-order valence-electron chi connectivity index (χ1n) is 17.2. The number of carbonyl (C=O) groups is 2. The van der Waals surface area contributed by atoms with Gasteiger partial charge in [-0.3, -0.25) is 9.59 Å². The van der Waals surface area contributed by atoms with Crippen LogP contribution in [0.25, 0.3) is 44.3 Å². The molecule has 2 aromatic heterocycles. The van der Waals surface area contributed by atoms with Crippen molar-refractivity contribution in [2.75, 3.05) is 28.4 Å². The summed E-state index contributed by atoms with van der Waals surface area (Å²) in [5.41, 5.74) is 5.51. The van der Waals surface area contributed by atoms with Crippen LogP contribution in [0, 0.1) is 0 Å². The summed E-state index contributed by atoms with van der Waals surface area (Å²) in [6, 6.07) is 30.1. The highest BCUT2D eigenvalue weighted by Gasteiger charge is 2.26. The second-order valence-electron chi connectivity index (χ2n) is 12.8. The van der Waals surface area contributed by atoms with Gasteiger partial charge in [0.1, 0.15) is 0 Å². The number of hydrogen-bond acceptors (Lipinski definition) is 8. The minimum atomic E-state index is -0.154. The number of para-hydroxylation sites is 2. The van der Waals surface area contributed by atoms with Gasteiger partial charge in [0, 0.05) is 34.0 Å². The monoisotopic (exact) mass is 696 g/mol. The Bertz CT molecular complexity index is 2120. The second kappa shape index (κ2) is 15.0. The van der Waals surface area contributed by atoms with Crippen molar-refractivity contribution < 1.29 is 28.5 Å². The maximum Gasteiger partial charge on any atom is 0.252 e. The van der Waals surface area contributed by atoms with E-state index < -0.39 is 0 Å². The molecule has 0 radical (unpaired) electrons. The third kappa shape index (κ3) is 6.92. The Morgan fingerprint density at radius 2 is 0.904 bits per heavy atom. The van der Waals surface area contributed by atoms with E-state index in [1.807, 2.05) is 97.1 Å². The third-order valence-electron chi connectivity index (χ3n) is 9.68. The minimum absolute atomic E-state index is 0.0319. The number of nitrogens with zero attached hydrogens (tertiary/aromatic N) is 2. The fourth-order valence-corrected chi connectivity index (χ4v) is 6.92. The summed E-state index contributed by atoms with van der Waals surface area (Å²) in [5.74, 6) is 2.09. The summed E-state index contributed by atoms with van der Waals surface area (Å²) < 4.78 is 21.8. The molecule has 0 spiro atoms. The number of aromatic nitrogens is 2. The summed E-state index contributed by atoms with van der Waals surface area (Å²) in [6.45, 7) is 0. The molecule has 0 bridgehead atoms. The Morgan fingerprint density at radius 3 is 1.29 bits per heavy atom. The topological polar surface area (TPSA) is 121 Å². The van der Waals surface area contributed by atoms with E-state index in [0.717, 1.165) is 58.6 Å². The number of pyridine rings is 2. The summed E-state index contributed by atoms with van der Waals surface area (Å²) in [5, 5.41) is 8.10. The van der Waals surface area contributed by atoms with Gasteiger partial charge >= 0.3 is 0 Å². The number of hydrogen-bond donors (Lipinski definition) is 2. The number of amides is 2. The van der Waals surface area contributed by atoms with Gasteiger partial charge in [-0.2, -0.15) is 0 Å². The summed E-state index contributed by atoms with van der Waals surface area (Å²) in [6.07, 6.45) is 2.93. The van der Waals surface area contributed by atoms with E-state index in [1.54, 1.807) is 28.4 Å². The molecule has 7 rings (SSSR count). The molecule has 1 fully saturated rings. The first-order chi connectivity index (χ1) is 25.4. The Labute approximate surface area is 302 Å². The van der Waals surface area contributed by atoms with Crippen LogP contribution in [0.2, 0.25) is 0 Å². The maximum atomic E-state index is 13.9. The van der Waals surface area contributed by atoms with E-state index in [-0.39, 0.29) is 23.9 Å². The van der Waals surface area contributed by atoms with E-state index in [9.17, 15) is 9.59 Å². The molecule has 10 nitrogen and oxygen atoms in total. The van der Waals surface area contributed by atoms with Gasteiger partial charge in [0.25, 0.3) is 11.8 Å². The van der Waals surface area contributed by atoms with Crippen LogP contribution in [0.5, 0.6) is 23.0 Å². The number of carbonyl (C=O) groups excluding carboxylic acids is 2. The molecule has 1 aliphatic rings. The number of benzene rings is 4. The molecule has 0 saturated heterocycles. The van der Waals surface area contributed by atoms with Crippen LogP contribution in [0.1, 0.15) is 46.4 Å². The fraction of sp³-hybridized carbons (Fsp3) is 0.238. The van der Waals surface area contributed by atoms with Crippen molar-refractivity contribution >= 4 is 33.6 Å². The molecule has 0 atom stereocenters. The van der Waals surface area contributed by atoms with Gasteiger partial charge in [0.05, 0.1) is 62.0 Å². The van der Waals surface area contributed by atoms with Gasteiger partial charge in [-0.25, -0.2) is 9.97 Å². The summed E-state index contributed by atoms with van der Waals surface area (Å²) >= 11 is 0. The highest BCUT2D eigenvalue weighted by atomic mass is 16.5. The number of rotatable bonds is 10. The Morgan fingerprint density at radius 1 is 0.519 bits per heavy atom. The zero-order chi connectivity index (χ0) is 36.2. The predicted molar refractivity (Wildman–Crippen MR) is 202 cm³/mol. The van der Waals surface area contributed by atoms with Crippen LogP contribution in [-0.4, -0.2) is 62.3 Å². The molecule has 4 aromatic carbocycles. The van der Waals surface area contributed by atoms with Crippen molar-refractivity contribution in [2.45, 2.75) is 37.8 Å². The van der Waals surface area contributed by atoms with E-state index in [0.29, 0.717) is 45.5 Å². The largest absolute Gasteiger partial charge is 0.493 e. The quantitative estimate of drug-likeness (QED) is 0.150. The third-order valence-corrected chi connectivity index (χ3v) is 9.68.